The van der Waals surface area contributed by atoms with Gasteiger partial charge in [-0.25, -0.2) is 0 Å². The average molecular weight is 275 g/mol. The predicted molar refractivity (Wildman–Crippen MR) is 75.5 cm³/mol. The van der Waals surface area contributed by atoms with Gasteiger partial charge in [-0.3, -0.25) is 9.69 Å². The molecule has 0 aliphatic carbocycles. The fourth-order valence-electron chi connectivity index (χ4n) is 3.29. The van der Waals surface area contributed by atoms with Crippen molar-refractivity contribution in [1.29, 1.82) is 0 Å². The molecule has 2 unspecified atom stereocenters. The standard InChI is InChI=1S/C16H21NO3/c1-19-16(18)14-7-4-9-17(14)11-15-13-6-3-2-5-12(13)8-10-20-15/h2-3,5-6,14-15H,4,7-11H2,1H3. The van der Waals surface area contributed by atoms with Crippen molar-refractivity contribution in [3.8, 4) is 0 Å². The second-order valence-corrected chi connectivity index (χ2v) is 5.48. The number of benzene rings is 1. The van der Waals surface area contributed by atoms with E-state index in [0.717, 1.165) is 39.0 Å². The van der Waals surface area contributed by atoms with Crippen LogP contribution in [-0.2, 0) is 20.7 Å². The van der Waals surface area contributed by atoms with Gasteiger partial charge >= 0.3 is 5.97 Å². The minimum Gasteiger partial charge on any atom is -0.468 e. The van der Waals surface area contributed by atoms with Crippen molar-refractivity contribution in [3.05, 3.63) is 35.4 Å². The Bertz CT molecular complexity index is 488. The number of esters is 1. The van der Waals surface area contributed by atoms with E-state index in [0.29, 0.717) is 0 Å². The summed E-state index contributed by atoms with van der Waals surface area (Å²) < 4.78 is 10.8. The van der Waals surface area contributed by atoms with Gasteiger partial charge in [-0.05, 0) is 36.9 Å². The molecule has 0 bridgehead atoms. The Hall–Kier alpha value is -1.39. The fourth-order valence-corrected chi connectivity index (χ4v) is 3.29. The summed E-state index contributed by atoms with van der Waals surface area (Å²) in [6, 6.07) is 8.35. The number of hydrogen-bond donors (Lipinski definition) is 0. The molecular weight excluding hydrogens is 254 g/mol. The number of fused-ring (bicyclic) bond motifs is 1. The van der Waals surface area contributed by atoms with E-state index in [1.54, 1.807) is 0 Å². The lowest BCUT2D eigenvalue weighted by Crippen LogP contribution is -2.40. The average Bonchev–Trinajstić information content (AvgIpc) is 2.95. The molecule has 2 atom stereocenters. The first-order valence-corrected chi connectivity index (χ1v) is 7.31. The molecule has 4 nitrogen and oxygen atoms in total. The third-order valence-corrected chi connectivity index (χ3v) is 4.33. The van der Waals surface area contributed by atoms with E-state index in [2.05, 4.69) is 29.2 Å². The molecule has 108 valence electrons. The molecular formula is C16H21NO3. The van der Waals surface area contributed by atoms with Gasteiger partial charge in [-0.1, -0.05) is 24.3 Å². The predicted octanol–water partition coefficient (Wildman–Crippen LogP) is 1.94. The Morgan fingerprint density at radius 1 is 1.45 bits per heavy atom. The van der Waals surface area contributed by atoms with Gasteiger partial charge in [0.1, 0.15) is 6.04 Å². The Kier molecular flexibility index (Phi) is 4.03. The summed E-state index contributed by atoms with van der Waals surface area (Å²) in [7, 11) is 1.46. The third kappa shape index (κ3) is 2.58. The molecule has 0 spiro atoms. The lowest BCUT2D eigenvalue weighted by molar-refractivity contribution is -0.146. The number of ether oxygens (including phenoxy) is 2. The molecule has 2 aliphatic rings. The maximum absolute atomic E-state index is 11.8. The van der Waals surface area contributed by atoms with Gasteiger partial charge in [0.05, 0.1) is 19.8 Å². The zero-order valence-electron chi connectivity index (χ0n) is 11.9. The van der Waals surface area contributed by atoms with Crippen LogP contribution in [0.15, 0.2) is 24.3 Å². The zero-order valence-corrected chi connectivity index (χ0v) is 11.9. The van der Waals surface area contributed by atoms with Crippen LogP contribution in [0.3, 0.4) is 0 Å². The van der Waals surface area contributed by atoms with E-state index >= 15 is 0 Å². The first-order valence-electron chi connectivity index (χ1n) is 7.31. The van der Waals surface area contributed by atoms with Crippen LogP contribution in [0.1, 0.15) is 30.1 Å². The topological polar surface area (TPSA) is 38.8 Å². The van der Waals surface area contributed by atoms with Gasteiger partial charge in [-0.15, -0.1) is 0 Å². The molecule has 0 saturated carbocycles. The molecule has 0 radical (unpaired) electrons. The van der Waals surface area contributed by atoms with Crippen molar-refractivity contribution < 1.29 is 14.3 Å². The number of rotatable bonds is 3. The number of hydrogen-bond acceptors (Lipinski definition) is 4. The molecule has 0 aromatic heterocycles. The van der Waals surface area contributed by atoms with Crippen LogP contribution in [0.5, 0.6) is 0 Å². The molecule has 2 heterocycles. The number of likely N-dealkylation sites (tertiary alicyclic amines) is 1. The van der Waals surface area contributed by atoms with E-state index in [1.807, 2.05) is 0 Å². The van der Waals surface area contributed by atoms with Gasteiger partial charge in [0.2, 0.25) is 0 Å². The highest BCUT2D eigenvalue weighted by Gasteiger charge is 2.34. The highest BCUT2D eigenvalue weighted by Crippen LogP contribution is 2.30. The van der Waals surface area contributed by atoms with Gasteiger partial charge in [-0.2, -0.15) is 0 Å². The number of nitrogens with zero attached hydrogens (tertiary/aromatic N) is 1. The van der Waals surface area contributed by atoms with E-state index in [1.165, 1.54) is 18.2 Å². The highest BCUT2D eigenvalue weighted by atomic mass is 16.5. The molecule has 2 aliphatic heterocycles. The summed E-state index contributed by atoms with van der Waals surface area (Å²) in [5, 5.41) is 0. The molecule has 20 heavy (non-hydrogen) atoms. The van der Waals surface area contributed by atoms with E-state index in [4.69, 9.17) is 9.47 Å². The summed E-state index contributed by atoms with van der Waals surface area (Å²) in [4.78, 5) is 14.0. The Labute approximate surface area is 119 Å². The normalized spacial score (nSPS) is 26.2. The Morgan fingerprint density at radius 2 is 2.30 bits per heavy atom. The lowest BCUT2D eigenvalue weighted by atomic mass is 9.97. The minimum absolute atomic E-state index is 0.0743. The number of carbonyl (C=O) groups excluding carboxylic acids is 1. The maximum atomic E-state index is 11.8. The van der Waals surface area contributed by atoms with E-state index in [-0.39, 0.29) is 18.1 Å². The van der Waals surface area contributed by atoms with Gasteiger partial charge < -0.3 is 9.47 Å². The van der Waals surface area contributed by atoms with Crippen LogP contribution in [0.25, 0.3) is 0 Å². The summed E-state index contributed by atoms with van der Waals surface area (Å²) in [5.41, 5.74) is 2.65. The summed E-state index contributed by atoms with van der Waals surface area (Å²) in [5.74, 6) is -0.119. The van der Waals surface area contributed by atoms with Crippen molar-refractivity contribution in [2.45, 2.75) is 31.4 Å². The summed E-state index contributed by atoms with van der Waals surface area (Å²) in [6.45, 7) is 2.48. The molecule has 1 aromatic carbocycles. The van der Waals surface area contributed by atoms with Crippen LogP contribution in [0.2, 0.25) is 0 Å². The second-order valence-electron chi connectivity index (χ2n) is 5.48. The Morgan fingerprint density at radius 3 is 3.15 bits per heavy atom. The second kappa shape index (κ2) is 5.94. The summed E-state index contributed by atoms with van der Waals surface area (Å²) in [6.07, 6.45) is 2.99. The van der Waals surface area contributed by atoms with Crippen molar-refractivity contribution in [1.82, 2.24) is 4.90 Å². The van der Waals surface area contributed by atoms with Crippen molar-refractivity contribution in [2.75, 3.05) is 26.8 Å². The molecule has 3 rings (SSSR count). The van der Waals surface area contributed by atoms with Crippen LogP contribution >= 0.6 is 0 Å². The largest absolute Gasteiger partial charge is 0.468 e. The van der Waals surface area contributed by atoms with Crippen molar-refractivity contribution in [3.63, 3.8) is 0 Å². The first-order chi connectivity index (χ1) is 9.79. The number of methoxy groups -OCH3 is 1. The zero-order chi connectivity index (χ0) is 13.9. The smallest absolute Gasteiger partial charge is 0.323 e. The van der Waals surface area contributed by atoms with Crippen molar-refractivity contribution in [2.24, 2.45) is 0 Å². The van der Waals surface area contributed by atoms with E-state index < -0.39 is 0 Å². The molecule has 1 aromatic rings. The van der Waals surface area contributed by atoms with Gasteiger partial charge in [0, 0.05) is 6.54 Å². The maximum Gasteiger partial charge on any atom is 0.323 e. The molecule has 1 fully saturated rings. The quantitative estimate of drug-likeness (QED) is 0.790. The molecule has 0 N–H and O–H groups in total. The summed E-state index contributed by atoms with van der Waals surface area (Å²) >= 11 is 0. The molecule has 1 saturated heterocycles. The van der Waals surface area contributed by atoms with Crippen LogP contribution in [0.4, 0.5) is 0 Å². The first kappa shape index (κ1) is 13.6. The fraction of sp³-hybridized carbons (Fsp3) is 0.562. The van der Waals surface area contributed by atoms with Gasteiger partial charge in [0.25, 0.3) is 0 Å². The monoisotopic (exact) mass is 275 g/mol. The van der Waals surface area contributed by atoms with Crippen LogP contribution in [0, 0.1) is 0 Å². The Balaban J connectivity index is 1.74. The van der Waals surface area contributed by atoms with Gasteiger partial charge in [0.15, 0.2) is 0 Å². The highest BCUT2D eigenvalue weighted by molar-refractivity contribution is 5.76. The van der Waals surface area contributed by atoms with Crippen LogP contribution in [-0.4, -0.2) is 43.7 Å². The SMILES string of the molecule is COC(=O)C1CCCN1CC1OCCc2ccccc21. The third-order valence-electron chi connectivity index (χ3n) is 4.33. The number of carbonyl (C=O) groups is 1. The molecule has 4 heteroatoms. The lowest BCUT2D eigenvalue weighted by Gasteiger charge is -2.31. The van der Waals surface area contributed by atoms with Crippen molar-refractivity contribution >= 4 is 5.97 Å². The van der Waals surface area contributed by atoms with E-state index in [9.17, 15) is 4.79 Å². The molecule has 0 amide bonds. The van der Waals surface area contributed by atoms with Crippen LogP contribution < -0.4 is 0 Å². The minimum atomic E-state index is -0.119.